The van der Waals surface area contributed by atoms with Gasteiger partial charge in [0.15, 0.2) is 11.5 Å². The van der Waals surface area contributed by atoms with Crippen molar-refractivity contribution in [2.45, 2.75) is 32.9 Å². The summed E-state index contributed by atoms with van der Waals surface area (Å²) in [6, 6.07) is 12.9. The summed E-state index contributed by atoms with van der Waals surface area (Å²) in [5.41, 5.74) is 4.72. The minimum absolute atomic E-state index is 0.0497. The highest BCUT2D eigenvalue weighted by atomic mass is 32.2. The molecule has 4 rings (SSSR count). The molecule has 0 fully saturated rings. The van der Waals surface area contributed by atoms with Gasteiger partial charge < -0.3 is 23.7 Å². The SMILES string of the molecule is COc1ccc([N+](=O)[O-])cc1OCc1c(-c2ccc(OS(C)(=O)=O)cc2OC)ccc2c1C(C)=CC(C)(C)N2. The molecule has 1 N–H and O–H groups in total. The number of nitro benzene ring substituents is 1. The number of benzene rings is 3. The second kappa shape index (κ2) is 10.5. The van der Waals surface area contributed by atoms with Gasteiger partial charge in [-0.15, -0.1) is 0 Å². The van der Waals surface area contributed by atoms with E-state index in [9.17, 15) is 18.5 Å². The number of methoxy groups -OCH3 is 2. The third-order valence-electron chi connectivity index (χ3n) is 6.18. The molecule has 3 aromatic carbocycles. The highest BCUT2D eigenvalue weighted by Gasteiger charge is 2.27. The highest BCUT2D eigenvalue weighted by molar-refractivity contribution is 7.86. The van der Waals surface area contributed by atoms with E-state index in [0.717, 1.165) is 34.2 Å². The van der Waals surface area contributed by atoms with Gasteiger partial charge in [-0.2, -0.15) is 8.42 Å². The number of hydrogen-bond acceptors (Lipinski definition) is 9. The predicted molar refractivity (Wildman–Crippen MR) is 149 cm³/mol. The fraction of sp³-hybridized carbons (Fsp3) is 0.286. The number of hydrogen-bond donors (Lipinski definition) is 1. The number of rotatable bonds is 9. The third-order valence-corrected chi connectivity index (χ3v) is 6.68. The van der Waals surface area contributed by atoms with Gasteiger partial charge in [-0.25, -0.2) is 0 Å². The van der Waals surface area contributed by atoms with Crippen LogP contribution in [0.25, 0.3) is 16.7 Å². The molecule has 0 amide bonds. The molecule has 39 heavy (non-hydrogen) atoms. The van der Waals surface area contributed by atoms with Gasteiger partial charge in [0, 0.05) is 34.5 Å². The molecule has 10 nitrogen and oxygen atoms in total. The number of allylic oxidation sites excluding steroid dienone is 1. The molecular formula is C28H30N2O8S. The molecule has 1 aliphatic rings. The molecule has 0 spiro atoms. The Morgan fingerprint density at radius 1 is 0.949 bits per heavy atom. The third kappa shape index (κ3) is 6.09. The Bertz CT molecular complexity index is 1580. The Morgan fingerprint density at radius 3 is 2.28 bits per heavy atom. The first-order valence-electron chi connectivity index (χ1n) is 12.0. The lowest BCUT2D eigenvalue weighted by atomic mass is 9.85. The zero-order valence-corrected chi connectivity index (χ0v) is 23.3. The zero-order valence-electron chi connectivity index (χ0n) is 22.5. The Balaban J connectivity index is 1.87. The molecule has 0 aromatic heterocycles. The fourth-order valence-corrected chi connectivity index (χ4v) is 5.22. The van der Waals surface area contributed by atoms with Gasteiger partial charge >= 0.3 is 10.1 Å². The summed E-state index contributed by atoms with van der Waals surface area (Å²) in [6.07, 6.45) is 3.09. The monoisotopic (exact) mass is 554 g/mol. The summed E-state index contributed by atoms with van der Waals surface area (Å²) >= 11 is 0. The van der Waals surface area contributed by atoms with Gasteiger partial charge in [0.25, 0.3) is 5.69 Å². The standard InChI is InChI=1S/C28H30N2O8S/c1-17-15-28(2,3)29-23-11-10-20(21-9-8-19(14-25(21)36-5)38-39(6,33)34)22(27(17)23)16-37-26-13-18(30(31)32)7-12-24(26)35-4/h7-15,29H,16H2,1-6H3. The first kappa shape index (κ1) is 27.8. The van der Waals surface area contributed by atoms with Gasteiger partial charge in [0.2, 0.25) is 0 Å². The van der Waals surface area contributed by atoms with Crippen molar-refractivity contribution in [1.82, 2.24) is 0 Å². The quantitative estimate of drug-likeness (QED) is 0.198. The molecule has 0 saturated heterocycles. The maximum Gasteiger partial charge on any atom is 0.306 e. The van der Waals surface area contributed by atoms with Crippen LogP contribution in [-0.4, -0.2) is 39.4 Å². The molecule has 0 bridgehead atoms. The fourth-order valence-electron chi connectivity index (χ4n) is 4.76. The molecule has 0 atom stereocenters. The minimum Gasteiger partial charge on any atom is -0.496 e. The van der Waals surface area contributed by atoms with Crippen LogP contribution in [0.5, 0.6) is 23.0 Å². The largest absolute Gasteiger partial charge is 0.496 e. The molecule has 0 unspecified atom stereocenters. The lowest BCUT2D eigenvalue weighted by molar-refractivity contribution is -0.385. The van der Waals surface area contributed by atoms with E-state index in [0.29, 0.717) is 17.1 Å². The van der Waals surface area contributed by atoms with Crippen molar-refractivity contribution >= 4 is 27.1 Å². The Labute approximate surface area is 227 Å². The van der Waals surface area contributed by atoms with Crippen LogP contribution in [0.15, 0.2) is 54.6 Å². The van der Waals surface area contributed by atoms with E-state index in [-0.39, 0.29) is 29.3 Å². The summed E-state index contributed by atoms with van der Waals surface area (Å²) in [4.78, 5) is 10.9. The average molecular weight is 555 g/mol. The second-order valence-electron chi connectivity index (χ2n) is 9.72. The molecule has 1 heterocycles. The molecule has 3 aromatic rings. The number of anilines is 1. The van der Waals surface area contributed by atoms with Gasteiger partial charge in [-0.1, -0.05) is 12.1 Å². The number of fused-ring (bicyclic) bond motifs is 1. The minimum atomic E-state index is -3.72. The van der Waals surface area contributed by atoms with E-state index >= 15 is 0 Å². The zero-order chi connectivity index (χ0) is 28.5. The number of nitrogens with zero attached hydrogens (tertiary/aromatic N) is 1. The van der Waals surface area contributed by atoms with Crippen LogP contribution in [0.3, 0.4) is 0 Å². The number of nitrogens with one attached hydrogen (secondary N) is 1. The number of nitro groups is 1. The topological polar surface area (TPSA) is 126 Å². The van der Waals surface area contributed by atoms with Crippen molar-refractivity contribution < 1.29 is 31.7 Å². The molecule has 0 radical (unpaired) electrons. The summed E-state index contributed by atoms with van der Waals surface area (Å²) in [7, 11) is -0.772. The van der Waals surface area contributed by atoms with Crippen molar-refractivity contribution in [3.8, 4) is 34.1 Å². The van der Waals surface area contributed by atoms with Crippen molar-refractivity contribution in [3.63, 3.8) is 0 Å². The Morgan fingerprint density at radius 2 is 1.64 bits per heavy atom. The lowest BCUT2D eigenvalue weighted by Gasteiger charge is -2.33. The van der Waals surface area contributed by atoms with E-state index in [4.69, 9.17) is 18.4 Å². The van der Waals surface area contributed by atoms with Gasteiger partial charge in [-0.05, 0) is 56.2 Å². The summed E-state index contributed by atoms with van der Waals surface area (Å²) < 4.78 is 45.5. The lowest BCUT2D eigenvalue weighted by Crippen LogP contribution is -2.32. The van der Waals surface area contributed by atoms with Crippen molar-refractivity contribution in [3.05, 3.63) is 75.8 Å². The Hall–Kier alpha value is -4.25. The van der Waals surface area contributed by atoms with Crippen LogP contribution in [0, 0.1) is 10.1 Å². The normalized spacial score (nSPS) is 13.9. The molecule has 206 valence electrons. The van der Waals surface area contributed by atoms with E-state index in [1.54, 1.807) is 12.1 Å². The molecule has 11 heteroatoms. The Kier molecular flexibility index (Phi) is 7.47. The van der Waals surface area contributed by atoms with Gasteiger partial charge in [0.05, 0.1) is 37.0 Å². The summed E-state index contributed by atoms with van der Waals surface area (Å²) in [6.45, 7) is 6.21. The molecule has 1 aliphatic heterocycles. The van der Waals surface area contributed by atoms with Gasteiger partial charge in [-0.3, -0.25) is 10.1 Å². The maximum absolute atomic E-state index is 11.7. The first-order valence-corrected chi connectivity index (χ1v) is 13.8. The maximum atomic E-state index is 11.7. The second-order valence-corrected chi connectivity index (χ2v) is 11.3. The van der Waals surface area contributed by atoms with Crippen LogP contribution in [-0.2, 0) is 16.7 Å². The average Bonchev–Trinajstić information content (AvgIpc) is 2.85. The highest BCUT2D eigenvalue weighted by Crippen LogP contribution is 2.44. The smallest absolute Gasteiger partial charge is 0.306 e. The first-order chi connectivity index (χ1) is 18.3. The van der Waals surface area contributed by atoms with E-state index in [2.05, 4.69) is 25.2 Å². The molecular weight excluding hydrogens is 524 g/mol. The van der Waals surface area contributed by atoms with Crippen LogP contribution < -0.4 is 23.7 Å². The summed E-state index contributed by atoms with van der Waals surface area (Å²) in [5.74, 6) is 1.11. The van der Waals surface area contributed by atoms with Crippen LogP contribution in [0.1, 0.15) is 31.9 Å². The van der Waals surface area contributed by atoms with Crippen LogP contribution in [0.4, 0.5) is 11.4 Å². The van der Waals surface area contributed by atoms with Crippen molar-refractivity contribution in [2.24, 2.45) is 0 Å². The van der Waals surface area contributed by atoms with E-state index in [1.165, 1.54) is 38.5 Å². The van der Waals surface area contributed by atoms with Crippen LogP contribution in [0.2, 0.25) is 0 Å². The van der Waals surface area contributed by atoms with Gasteiger partial charge in [0.1, 0.15) is 18.1 Å². The van der Waals surface area contributed by atoms with Crippen molar-refractivity contribution in [1.29, 1.82) is 0 Å². The number of non-ortho nitro benzene ring substituents is 1. The van der Waals surface area contributed by atoms with E-state index < -0.39 is 15.0 Å². The predicted octanol–water partition coefficient (Wildman–Crippen LogP) is 5.80. The van der Waals surface area contributed by atoms with E-state index in [1.807, 2.05) is 19.1 Å². The molecule has 0 saturated carbocycles. The number of ether oxygens (including phenoxy) is 3. The molecule has 0 aliphatic carbocycles. The van der Waals surface area contributed by atoms with Crippen molar-refractivity contribution in [2.75, 3.05) is 25.8 Å². The summed E-state index contributed by atoms with van der Waals surface area (Å²) in [5, 5.41) is 14.9. The van der Waals surface area contributed by atoms with Crippen LogP contribution >= 0.6 is 0 Å².